The minimum Gasteiger partial charge on any atom is -0.359 e. The number of nitrogens with zero attached hydrogens (tertiary/aromatic N) is 3. The summed E-state index contributed by atoms with van der Waals surface area (Å²) in [4.78, 5) is 4.04. The van der Waals surface area contributed by atoms with E-state index in [0.29, 0.717) is 6.54 Å². The van der Waals surface area contributed by atoms with Crippen LogP contribution < -0.4 is 5.73 Å². The molecule has 0 bridgehead atoms. The molecular formula is C9H12N4O. The highest BCUT2D eigenvalue weighted by Gasteiger charge is 2.08. The van der Waals surface area contributed by atoms with E-state index < -0.39 is 0 Å². The Balaban J connectivity index is 2.21. The summed E-state index contributed by atoms with van der Waals surface area (Å²) in [6.07, 6.45) is 5.13. The fourth-order valence-corrected chi connectivity index (χ4v) is 1.33. The Morgan fingerprint density at radius 2 is 2.50 bits per heavy atom. The van der Waals surface area contributed by atoms with E-state index in [-0.39, 0.29) is 6.04 Å². The van der Waals surface area contributed by atoms with Crippen LogP contribution in [0.4, 0.5) is 0 Å². The molecular weight excluding hydrogens is 180 g/mol. The average Bonchev–Trinajstić information content (AvgIpc) is 2.75. The van der Waals surface area contributed by atoms with Gasteiger partial charge in [0.2, 0.25) is 0 Å². The maximum absolute atomic E-state index is 5.78. The summed E-state index contributed by atoms with van der Waals surface area (Å²) in [6, 6.07) is 1.80. The van der Waals surface area contributed by atoms with Gasteiger partial charge in [0.15, 0.2) is 5.76 Å². The standard InChI is InChI=1S/C9H12N4O/c1-7(10)9-4-11-6-13(9)5-8-2-3-12-14-8/h2-4,6-7H,5,10H2,1H3/t7-/m0/s1. The lowest BCUT2D eigenvalue weighted by Crippen LogP contribution is -2.12. The second-order valence-electron chi connectivity index (χ2n) is 3.21. The van der Waals surface area contributed by atoms with Crippen LogP contribution >= 0.6 is 0 Å². The number of aromatic nitrogens is 3. The molecule has 0 aliphatic heterocycles. The monoisotopic (exact) mass is 192 g/mol. The fourth-order valence-electron chi connectivity index (χ4n) is 1.33. The molecule has 0 saturated heterocycles. The molecule has 2 rings (SSSR count). The number of rotatable bonds is 3. The van der Waals surface area contributed by atoms with Crippen LogP contribution in [0, 0.1) is 0 Å². The zero-order chi connectivity index (χ0) is 9.97. The zero-order valence-corrected chi connectivity index (χ0v) is 7.92. The van der Waals surface area contributed by atoms with E-state index in [1.165, 1.54) is 0 Å². The normalized spacial score (nSPS) is 13.0. The van der Waals surface area contributed by atoms with E-state index in [1.807, 2.05) is 17.6 Å². The van der Waals surface area contributed by atoms with Crippen molar-refractivity contribution in [1.29, 1.82) is 0 Å². The van der Waals surface area contributed by atoms with Gasteiger partial charge in [-0.15, -0.1) is 0 Å². The van der Waals surface area contributed by atoms with Crippen LogP contribution in [0.15, 0.2) is 29.3 Å². The van der Waals surface area contributed by atoms with Crippen LogP contribution in [-0.4, -0.2) is 14.7 Å². The third kappa shape index (κ3) is 1.67. The highest BCUT2D eigenvalue weighted by molar-refractivity contribution is 5.06. The first-order valence-corrected chi connectivity index (χ1v) is 4.42. The second-order valence-corrected chi connectivity index (χ2v) is 3.21. The van der Waals surface area contributed by atoms with E-state index in [1.54, 1.807) is 18.7 Å². The zero-order valence-electron chi connectivity index (χ0n) is 7.92. The van der Waals surface area contributed by atoms with Gasteiger partial charge in [-0.25, -0.2) is 4.98 Å². The maximum Gasteiger partial charge on any atom is 0.156 e. The van der Waals surface area contributed by atoms with Crippen LogP contribution in [0.1, 0.15) is 24.4 Å². The molecule has 5 heteroatoms. The number of hydrogen-bond acceptors (Lipinski definition) is 4. The van der Waals surface area contributed by atoms with Gasteiger partial charge in [0.25, 0.3) is 0 Å². The van der Waals surface area contributed by atoms with Gasteiger partial charge in [-0.2, -0.15) is 0 Å². The third-order valence-corrected chi connectivity index (χ3v) is 2.03. The van der Waals surface area contributed by atoms with Crippen LogP contribution in [0.2, 0.25) is 0 Å². The van der Waals surface area contributed by atoms with Crippen molar-refractivity contribution in [3.8, 4) is 0 Å². The van der Waals surface area contributed by atoms with E-state index in [9.17, 15) is 0 Å². The van der Waals surface area contributed by atoms with Crippen molar-refractivity contribution < 1.29 is 4.52 Å². The van der Waals surface area contributed by atoms with E-state index in [0.717, 1.165) is 11.5 Å². The first kappa shape index (κ1) is 8.96. The van der Waals surface area contributed by atoms with Crippen LogP contribution in [0.5, 0.6) is 0 Å². The van der Waals surface area contributed by atoms with Gasteiger partial charge in [-0.05, 0) is 6.92 Å². The molecule has 0 aliphatic carbocycles. The molecule has 0 unspecified atom stereocenters. The molecule has 5 nitrogen and oxygen atoms in total. The minimum atomic E-state index is -0.0274. The van der Waals surface area contributed by atoms with Gasteiger partial charge in [0.05, 0.1) is 24.8 Å². The van der Waals surface area contributed by atoms with Crippen molar-refractivity contribution in [1.82, 2.24) is 14.7 Å². The van der Waals surface area contributed by atoms with Crippen molar-refractivity contribution in [3.63, 3.8) is 0 Å². The molecule has 74 valence electrons. The quantitative estimate of drug-likeness (QED) is 0.785. The van der Waals surface area contributed by atoms with Crippen molar-refractivity contribution >= 4 is 0 Å². The van der Waals surface area contributed by atoms with Crippen LogP contribution in [-0.2, 0) is 6.54 Å². The second kappa shape index (κ2) is 3.63. The molecule has 1 atom stereocenters. The number of nitrogens with two attached hydrogens (primary N) is 1. The summed E-state index contributed by atoms with van der Waals surface area (Å²) in [6.45, 7) is 2.55. The number of hydrogen-bond donors (Lipinski definition) is 1. The van der Waals surface area contributed by atoms with Crippen molar-refractivity contribution in [2.45, 2.75) is 19.5 Å². The Morgan fingerprint density at radius 3 is 3.14 bits per heavy atom. The first-order chi connectivity index (χ1) is 6.77. The molecule has 0 radical (unpaired) electrons. The minimum absolute atomic E-state index is 0.0274. The molecule has 0 fully saturated rings. The molecule has 0 aromatic carbocycles. The highest BCUT2D eigenvalue weighted by atomic mass is 16.5. The SMILES string of the molecule is C[C@H](N)c1cncn1Cc1ccno1. The number of imidazole rings is 1. The van der Waals surface area contributed by atoms with E-state index >= 15 is 0 Å². The first-order valence-electron chi connectivity index (χ1n) is 4.42. The van der Waals surface area contributed by atoms with Gasteiger partial charge in [-0.1, -0.05) is 5.16 Å². The van der Waals surface area contributed by atoms with Crippen LogP contribution in [0.3, 0.4) is 0 Å². The van der Waals surface area contributed by atoms with Gasteiger partial charge < -0.3 is 14.8 Å². The van der Waals surface area contributed by atoms with E-state index in [2.05, 4.69) is 10.1 Å². The Morgan fingerprint density at radius 1 is 1.64 bits per heavy atom. The van der Waals surface area contributed by atoms with Gasteiger partial charge in [-0.3, -0.25) is 0 Å². The smallest absolute Gasteiger partial charge is 0.156 e. The summed E-state index contributed by atoms with van der Waals surface area (Å²) in [5, 5.41) is 3.64. The predicted molar refractivity (Wildman–Crippen MR) is 50.4 cm³/mol. The maximum atomic E-state index is 5.78. The Hall–Kier alpha value is -1.62. The lowest BCUT2D eigenvalue weighted by Gasteiger charge is -2.08. The summed E-state index contributed by atoms with van der Waals surface area (Å²) in [7, 11) is 0. The topological polar surface area (TPSA) is 69.9 Å². The molecule has 14 heavy (non-hydrogen) atoms. The Bertz CT molecular complexity index is 391. The summed E-state index contributed by atoms with van der Waals surface area (Å²) < 4.78 is 6.95. The Kier molecular flexibility index (Phi) is 2.32. The lowest BCUT2D eigenvalue weighted by atomic mass is 10.2. The predicted octanol–water partition coefficient (Wildman–Crippen LogP) is 0.939. The van der Waals surface area contributed by atoms with Crippen molar-refractivity contribution in [2.75, 3.05) is 0 Å². The van der Waals surface area contributed by atoms with Crippen molar-refractivity contribution in [2.24, 2.45) is 5.73 Å². The third-order valence-electron chi connectivity index (χ3n) is 2.03. The molecule has 2 N–H and O–H groups in total. The lowest BCUT2D eigenvalue weighted by molar-refractivity contribution is 0.374. The van der Waals surface area contributed by atoms with Gasteiger partial charge in [0.1, 0.15) is 0 Å². The molecule has 2 aromatic heterocycles. The summed E-state index contributed by atoms with van der Waals surface area (Å²) in [5.41, 5.74) is 6.77. The Labute approximate surface area is 81.5 Å². The fraction of sp³-hybridized carbons (Fsp3) is 0.333. The van der Waals surface area contributed by atoms with Crippen molar-refractivity contribution in [3.05, 3.63) is 36.2 Å². The average molecular weight is 192 g/mol. The molecule has 0 saturated carbocycles. The summed E-state index contributed by atoms with van der Waals surface area (Å²) >= 11 is 0. The van der Waals surface area contributed by atoms with E-state index in [4.69, 9.17) is 10.3 Å². The molecule has 2 aromatic rings. The largest absolute Gasteiger partial charge is 0.359 e. The molecule has 0 aliphatic rings. The van der Waals surface area contributed by atoms with Crippen LogP contribution in [0.25, 0.3) is 0 Å². The highest BCUT2D eigenvalue weighted by Crippen LogP contribution is 2.10. The summed E-state index contributed by atoms with van der Waals surface area (Å²) in [5.74, 6) is 0.796. The van der Waals surface area contributed by atoms with Gasteiger partial charge >= 0.3 is 0 Å². The molecule has 0 spiro atoms. The molecule has 2 heterocycles. The van der Waals surface area contributed by atoms with Gasteiger partial charge in [0, 0.05) is 18.3 Å². The molecule has 0 amide bonds.